The molecular formula is H36Cr2O30S3. The zero-order valence-electron chi connectivity index (χ0n) is 15.9. The van der Waals surface area contributed by atoms with Gasteiger partial charge in [0.1, 0.15) is 0 Å². The first-order valence-corrected chi connectivity index (χ1v) is 6.00. The topological polar surface area (TPSA) is 808 Å². The van der Waals surface area contributed by atoms with Gasteiger partial charge in [-0.2, -0.15) is 0 Å². The fraction of sp³-hybridized carbons (Fsp3) is 0. The van der Waals surface area contributed by atoms with Crippen LogP contribution >= 0.6 is 0 Å². The predicted molar refractivity (Wildman–Crippen MR) is 96.5 cm³/mol. The molecule has 0 aromatic rings. The predicted octanol–water partition coefficient (Wildman–Crippen LogP) is -18.9. The Balaban J connectivity index is -0.00000000229. The molecule has 0 amide bonds. The van der Waals surface area contributed by atoms with Crippen LogP contribution in [0.2, 0.25) is 0 Å². The van der Waals surface area contributed by atoms with E-state index >= 15 is 0 Å². The molecule has 0 fully saturated rings. The molecule has 0 rings (SSSR count). The minimum Gasteiger partial charge on any atom is -0.759 e. The summed E-state index contributed by atoms with van der Waals surface area (Å²) in [5.41, 5.74) is 0. The fourth-order valence-corrected chi connectivity index (χ4v) is 0. The van der Waals surface area contributed by atoms with Gasteiger partial charge < -0.3 is 126 Å². The van der Waals surface area contributed by atoms with Gasteiger partial charge in [-0.15, -0.1) is 0 Å². The minimum atomic E-state index is -5.17. The van der Waals surface area contributed by atoms with Crippen LogP contribution in [0.3, 0.4) is 0 Å². The monoisotopic (exact) mass is 716 g/mol. The second-order valence-electron chi connectivity index (χ2n) is 1.22. The molecule has 36 N–H and O–H groups in total. The Hall–Kier alpha value is -0.0451. The zero-order chi connectivity index (χ0) is 13.5. The summed E-state index contributed by atoms with van der Waals surface area (Å²) in [7, 11) is -15.5. The molecule has 0 bridgehead atoms. The van der Waals surface area contributed by atoms with Crippen molar-refractivity contribution >= 4 is 31.2 Å². The first-order valence-electron chi connectivity index (χ1n) is 2.00. The molecule has 246 valence electrons. The van der Waals surface area contributed by atoms with Gasteiger partial charge in [0.2, 0.25) is 0 Å². The van der Waals surface area contributed by atoms with Crippen LogP contribution in [0.25, 0.3) is 0 Å². The first-order chi connectivity index (χ1) is 6.00. The molecule has 0 aliphatic carbocycles. The number of hydrogen-bond acceptors (Lipinski definition) is 12. The van der Waals surface area contributed by atoms with E-state index in [1.807, 2.05) is 0 Å². The van der Waals surface area contributed by atoms with Crippen LogP contribution in [0.15, 0.2) is 0 Å². The molecule has 0 aromatic carbocycles. The van der Waals surface area contributed by atoms with E-state index in [1.54, 1.807) is 0 Å². The van der Waals surface area contributed by atoms with Crippen LogP contribution in [0.4, 0.5) is 0 Å². The average molecular weight is 716 g/mol. The van der Waals surface area contributed by atoms with Crippen LogP contribution in [0.5, 0.6) is 0 Å². The van der Waals surface area contributed by atoms with Gasteiger partial charge in [-0.3, -0.25) is 25.3 Å². The van der Waals surface area contributed by atoms with Crippen molar-refractivity contribution in [2.75, 3.05) is 0 Å². The third kappa shape index (κ3) is 17100000. The molecule has 0 saturated heterocycles. The summed E-state index contributed by atoms with van der Waals surface area (Å²) in [5.74, 6) is 0. The molecule has 0 unspecified atom stereocenters. The first kappa shape index (κ1) is 282. The summed E-state index contributed by atoms with van der Waals surface area (Å²) in [6.45, 7) is 0. The summed E-state index contributed by atoms with van der Waals surface area (Å²) in [5, 5.41) is 0. The van der Waals surface area contributed by atoms with Gasteiger partial charge in [-0.1, -0.05) is 0 Å². The second kappa shape index (κ2) is 114. The molecule has 35 heteroatoms. The number of rotatable bonds is 0. The summed E-state index contributed by atoms with van der Waals surface area (Å²) >= 11 is 0. The van der Waals surface area contributed by atoms with Crippen LogP contribution in [-0.4, -0.2) is 151 Å². The van der Waals surface area contributed by atoms with Crippen molar-refractivity contribution in [3.63, 3.8) is 0 Å². The molecule has 0 atom stereocenters. The summed E-state index contributed by atoms with van der Waals surface area (Å²) < 4.78 is 102. The Kier molecular flexibility index (Phi) is 922. The van der Waals surface area contributed by atoms with Crippen LogP contribution in [0, 0.1) is 0 Å². The molecular weight excluding hydrogens is 680 g/mol. The molecule has 0 aromatic heterocycles. The van der Waals surface area contributed by atoms with Crippen molar-refractivity contribution in [1.82, 2.24) is 0 Å². The van der Waals surface area contributed by atoms with E-state index < -0.39 is 31.2 Å². The van der Waals surface area contributed by atoms with E-state index in [0.29, 0.717) is 0 Å². The van der Waals surface area contributed by atoms with Gasteiger partial charge >= 0.3 is 34.7 Å². The fourth-order valence-electron chi connectivity index (χ4n) is 0. The molecule has 0 heterocycles. The smallest absolute Gasteiger partial charge is 0.759 e. The largest absolute Gasteiger partial charge is 3.00 e. The minimum absolute atomic E-state index is 0. The van der Waals surface area contributed by atoms with Gasteiger partial charge in [0.25, 0.3) is 0 Å². The molecule has 35 heavy (non-hydrogen) atoms. The third-order valence-electron chi connectivity index (χ3n) is 0. The van der Waals surface area contributed by atoms with Crippen LogP contribution in [0.1, 0.15) is 0 Å². The zero-order valence-corrected chi connectivity index (χ0v) is 20.9. The Morgan fingerprint density at radius 2 is 0.229 bits per heavy atom. The van der Waals surface area contributed by atoms with E-state index in [2.05, 4.69) is 0 Å². The van der Waals surface area contributed by atoms with Gasteiger partial charge in [0.05, 0.1) is 0 Å². The van der Waals surface area contributed by atoms with E-state index in [9.17, 15) is 0 Å². The van der Waals surface area contributed by atoms with Crippen molar-refractivity contribution < 1.29 is 186 Å². The molecule has 0 aliphatic rings. The quantitative estimate of drug-likeness (QED) is 0.167. The average Bonchev–Trinajstić information content (AvgIpc) is 1.41. The van der Waals surface area contributed by atoms with Crippen molar-refractivity contribution in [3.05, 3.63) is 0 Å². The van der Waals surface area contributed by atoms with Crippen LogP contribution in [-0.2, 0) is 65.9 Å². The van der Waals surface area contributed by atoms with E-state index in [0.717, 1.165) is 0 Å². The van der Waals surface area contributed by atoms with Gasteiger partial charge in [-0.05, 0) is 0 Å². The normalized spacial score (nSPS) is 4.97. The van der Waals surface area contributed by atoms with E-state index in [4.69, 9.17) is 52.6 Å². The summed E-state index contributed by atoms with van der Waals surface area (Å²) in [6, 6.07) is 0. The number of hydrogen-bond donors (Lipinski definition) is 0. The standard InChI is InChI=1S/2Cr.3H2O4S.18H2O/c;;3*1-5(2,3)4;;;;;;;;;;;;;;;;;;/h;;3*(H2,1,2,3,4);18*1H2/q2*+3;;;;;;;;;;;;;;;;;;;;;/p-6. The summed E-state index contributed by atoms with van der Waals surface area (Å²) in [4.78, 5) is 0. The van der Waals surface area contributed by atoms with E-state index in [-0.39, 0.29) is 133 Å². The molecule has 0 spiro atoms. The van der Waals surface area contributed by atoms with Crippen LogP contribution < -0.4 is 0 Å². The Morgan fingerprint density at radius 1 is 0.229 bits per heavy atom. The molecule has 0 aliphatic heterocycles. The maximum absolute atomic E-state index is 8.52. The van der Waals surface area contributed by atoms with Crippen molar-refractivity contribution in [2.45, 2.75) is 0 Å². The van der Waals surface area contributed by atoms with Gasteiger partial charge in [-0.25, -0.2) is 0 Å². The second-order valence-corrected chi connectivity index (χ2v) is 3.67. The van der Waals surface area contributed by atoms with Crippen molar-refractivity contribution in [1.29, 1.82) is 0 Å². The van der Waals surface area contributed by atoms with E-state index in [1.165, 1.54) is 0 Å². The van der Waals surface area contributed by atoms with Gasteiger partial charge in [0, 0.05) is 31.2 Å². The molecule has 0 saturated carbocycles. The Labute approximate surface area is 217 Å². The SMILES string of the molecule is O.O.O.O.O.O.O.O.O.O.O.O.O.O.O.O.O.O.O=S(=O)([O-])[O-].O=S(=O)([O-])[O-].O=S(=O)([O-])[O-].[Cr+3].[Cr+3]. The molecule has 2 radical (unpaired) electrons. The van der Waals surface area contributed by atoms with Crippen molar-refractivity contribution in [3.8, 4) is 0 Å². The van der Waals surface area contributed by atoms with Crippen molar-refractivity contribution in [2.24, 2.45) is 0 Å². The maximum atomic E-state index is 8.52. The summed E-state index contributed by atoms with van der Waals surface area (Å²) in [6.07, 6.45) is 0. The third-order valence-corrected chi connectivity index (χ3v) is 0. The van der Waals surface area contributed by atoms with Gasteiger partial charge in [0.15, 0.2) is 0 Å². The Bertz CT molecular complexity index is 347. The Morgan fingerprint density at radius 3 is 0.229 bits per heavy atom. The molecule has 30 nitrogen and oxygen atoms in total. The maximum Gasteiger partial charge on any atom is 3.00 e.